The summed E-state index contributed by atoms with van der Waals surface area (Å²) >= 11 is 0. The van der Waals surface area contributed by atoms with E-state index in [9.17, 15) is 5.11 Å². The summed E-state index contributed by atoms with van der Waals surface area (Å²) in [5.74, 6) is 0.953. The molecule has 2 atom stereocenters. The van der Waals surface area contributed by atoms with Crippen molar-refractivity contribution in [2.75, 3.05) is 7.05 Å². The molecule has 3 heteroatoms. The molecule has 0 spiro atoms. The second-order valence-corrected chi connectivity index (χ2v) is 3.90. The highest BCUT2D eigenvalue weighted by Gasteiger charge is 2.15. The number of aryl methyl sites for hydroxylation is 1. The maximum Gasteiger partial charge on any atom is 0.105 e. The lowest BCUT2D eigenvalue weighted by atomic mass is 10.1. The number of aliphatic hydroxyl groups is 1. The van der Waals surface area contributed by atoms with E-state index in [1.54, 1.807) is 6.26 Å². The van der Waals surface area contributed by atoms with Crippen LogP contribution in [0.4, 0.5) is 0 Å². The van der Waals surface area contributed by atoms with E-state index in [-0.39, 0.29) is 12.1 Å². The van der Waals surface area contributed by atoms with Crippen LogP contribution in [0.5, 0.6) is 0 Å². The molecule has 0 fully saturated rings. The number of hydrogen-bond acceptors (Lipinski definition) is 3. The van der Waals surface area contributed by atoms with Gasteiger partial charge in [0.25, 0.3) is 0 Å². The van der Waals surface area contributed by atoms with Gasteiger partial charge in [0.2, 0.25) is 0 Å². The SMILES string of the molecule is Cc1occc1CN(C)C(C)C(C)O. The Kier molecular flexibility index (Phi) is 3.72. The Labute approximate surface area is 85.3 Å². The molecule has 0 radical (unpaired) electrons. The minimum Gasteiger partial charge on any atom is -0.469 e. The summed E-state index contributed by atoms with van der Waals surface area (Å²) in [6.07, 6.45) is 1.39. The fourth-order valence-corrected chi connectivity index (χ4v) is 1.36. The summed E-state index contributed by atoms with van der Waals surface area (Å²) in [5, 5.41) is 9.42. The van der Waals surface area contributed by atoms with Crippen molar-refractivity contribution in [2.45, 2.75) is 39.5 Å². The van der Waals surface area contributed by atoms with Crippen LogP contribution in [-0.2, 0) is 6.54 Å². The molecule has 0 saturated carbocycles. The largest absolute Gasteiger partial charge is 0.469 e. The van der Waals surface area contributed by atoms with Crippen molar-refractivity contribution < 1.29 is 9.52 Å². The molecule has 1 aromatic heterocycles. The Morgan fingerprint density at radius 1 is 1.50 bits per heavy atom. The Hall–Kier alpha value is -0.800. The molecule has 0 aliphatic rings. The second kappa shape index (κ2) is 4.62. The summed E-state index contributed by atoms with van der Waals surface area (Å²) in [4.78, 5) is 2.11. The second-order valence-electron chi connectivity index (χ2n) is 3.90. The van der Waals surface area contributed by atoms with E-state index < -0.39 is 0 Å². The van der Waals surface area contributed by atoms with Gasteiger partial charge in [-0.2, -0.15) is 0 Å². The van der Waals surface area contributed by atoms with Crippen LogP contribution in [0.25, 0.3) is 0 Å². The van der Waals surface area contributed by atoms with Gasteiger partial charge in [0.15, 0.2) is 0 Å². The zero-order chi connectivity index (χ0) is 10.7. The maximum atomic E-state index is 9.42. The summed E-state index contributed by atoms with van der Waals surface area (Å²) in [6.45, 7) is 6.59. The smallest absolute Gasteiger partial charge is 0.105 e. The highest BCUT2D eigenvalue weighted by atomic mass is 16.3. The lowest BCUT2D eigenvalue weighted by Gasteiger charge is -2.26. The van der Waals surface area contributed by atoms with E-state index in [0.29, 0.717) is 0 Å². The number of rotatable bonds is 4. The van der Waals surface area contributed by atoms with E-state index >= 15 is 0 Å². The van der Waals surface area contributed by atoms with Crippen LogP contribution >= 0.6 is 0 Å². The molecule has 0 aliphatic heterocycles. The van der Waals surface area contributed by atoms with Crippen molar-refractivity contribution in [3.8, 4) is 0 Å². The Morgan fingerprint density at radius 3 is 2.57 bits per heavy atom. The summed E-state index contributed by atoms with van der Waals surface area (Å²) in [5.41, 5.74) is 1.18. The van der Waals surface area contributed by atoms with Crippen LogP contribution in [-0.4, -0.2) is 29.2 Å². The minimum absolute atomic E-state index is 0.157. The molecular weight excluding hydrogens is 178 g/mol. The van der Waals surface area contributed by atoms with Crippen molar-refractivity contribution in [3.63, 3.8) is 0 Å². The van der Waals surface area contributed by atoms with Crippen LogP contribution in [0, 0.1) is 6.92 Å². The molecule has 14 heavy (non-hydrogen) atoms. The number of hydrogen-bond donors (Lipinski definition) is 1. The van der Waals surface area contributed by atoms with Gasteiger partial charge >= 0.3 is 0 Å². The Morgan fingerprint density at radius 2 is 2.14 bits per heavy atom. The van der Waals surface area contributed by atoms with Gasteiger partial charge in [-0.05, 0) is 33.9 Å². The molecule has 0 amide bonds. The van der Waals surface area contributed by atoms with E-state index in [1.807, 2.05) is 33.9 Å². The molecule has 2 unspecified atom stereocenters. The molecule has 1 rings (SSSR count). The van der Waals surface area contributed by atoms with Crippen LogP contribution in [0.1, 0.15) is 25.2 Å². The number of aliphatic hydroxyl groups excluding tert-OH is 1. The predicted octanol–water partition coefficient (Wildman–Crippen LogP) is 1.79. The van der Waals surface area contributed by atoms with Crippen LogP contribution in [0.15, 0.2) is 16.7 Å². The quantitative estimate of drug-likeness (QED) is 0.799. The lowest BCUT2D eigenvalue weighted by molar-refractivity contribution is 0.0825. The van der Waals surface area contributed by atoms with Gasteiger partial charge in [-0.15, -0.1) is 0 Å². The van der Waals surface area contributed by atoms with E-state index in [1.165, 1.54) is 5.56 Å². The highest BCUT2D eigenvalue weighted by molar-refractivity contribution is 5.15. The van der Waals surface area contributed by atoms with Gasteiger partial charge in [-0.3, -0.25) is 4.90 Å². The van der Waals surface area contributed by atoms with Crippen molar-refractivity contribution in [1.82, 2.24) is 4.90 Å². The fourth-order valence-electron chi connectivity index (χ4n) is 1.36. The topological polar surface area (TPSA) is 36.6 Å². The first-order valence-corrected chi connectivity index (χ1v) is 4.93. The summed E-state index contributed by atoms with van der Waals surface area (Å²) in [7, 11) is 2.00. The number of likely N-dealkylation sites (N-methyl/N-ethyl adjacent to an activating group) is 1. The molecule has 1 aromatic rings. The van der Waals surface area contributed by atoms with Gasteiger partial charge in [-0.25, -0.2) is 0 Å². The molecular formula is C11H19NO2. The van der Waals surface area contributed by atoms with Crippen LogP contribution < -0.4 is 0 Å². The molecule has 0 bridgehead atoms. The van der Waals surface area contributed by atoms with Crippen molar-refractivity contribution in [3.05, 3.63) is 23.7 Å². The van der Waals surface area contributed by atoms with Gasteiger partial charge in [0.1, 0.15) is 5.76 Å². The Balaban J connectivity index is 2.57. The van der Waals surface area contributed by atoms with E-state index in [2.05, 4.69) is 4.90 Å². The average Bonchev–Trinajstić information content (AvgIpc) is 2.50. The third-order valence-corrected chi connectivity index (χ3v) is 2.78. The van der Waals surface area contributed by atoms with Gasteiger partial charge < -0.3 is 9.52 Å². The van der Waals surface area contributed by atoms with E-state index in [0.717, 1.165) is 12.3 Å². The summed E-state index contributed by atoms with van der Waals surface area (Å²) < 4.78 is 5.22. The van der Waals surface area contributed by atoms with Gasteiger partial charge in [-0.1, -0.05) is 0 Å². The first kappa shape index (κ1) is 11.3. The fraction of sp³-hybridized carbons (Fsp3) is 0.636. The van der Waals surface area contributed by atoms with Crippen molar-refractivity contribution in [1.29, 1.82) is 0 Å². The molecule has 0 aliphatic carbocycles. The number of furan rings is 1. The van der Waals surface area contributed by atoms with Crippen molar-refractivity contribution in [2.24, 2.45) is 0 Å². The normalized spacial score (nSPS) is 15.9. The highest BCUT2D eigenvalue weighted by Crippen LogP contribution is 2.13. The third kappa shape index (κ3) is 2.59. The average molecular weight is 197 g/mol. The minimum atomic E-state index is -0.313. The van der Waals surface area contributed by atoms with Crippen LogP contribution in [0.2, 0.25) is 0 Å². The van der Waals surface area contributed by atoms with Gasteiger partial charge in [0, 0.05) is 18.2 Å². The molecule has 3 nitrogen and oxygen atoms in total. The lowest BCUT2D eigenvalue weighted by Crippen LogP contribution is -2.36. The first-order chi connectivity index (χ1) is 6.52. The molecule has 80 valence electrons. The molecule has 1 N–H and O–H groups in total. The maximum absolute atomic E-state index is 9.42. The molecule has 0 aromatic carbocycles. The first-order valence-electron chi connectivity index (χ1n) is 4.93. The predicted molar refractivity (Wildman–Crippen MR) is 56.1 cm³/mol. The third-order valence-electron chi connectivity index (χ3n) is 2.78. The van der Waals surface area contributed by atoms with Crippen molar-refractivity contribution >= 4 is 0 Å². The van der Waals surface area contributed by atoms with Crippen LogP contribution in [0.3, 0.4) is 0 Å². The molecule has 1 heterocycles. The zero-order valence-electron chi connectivity index (χ0n) is 9.32. The number of nitrogens with zero attached hydrogens (tertiary/aromatic N) is 1. The van der Waals surface area contributed by atoms with Gasteiger partial charge in [0.05, 0.1) is 12.4 Å². The standard InChI is InChI=1S/C11H19NO2/c1-8(9(2)13)12(4)7-11-5-6-14-10(11)3/h5-6,8-9,13H,7H2,1-4H3. The summed E-state index contributed by atoms with van der Waals surface area (Å²) in [6, 6.07) is 2.13. The monoisotopic (exact) mass is 197 g/mol. The molecule has 0 saturated heterocycles. The van der Waals surface area contributed by atoms with E-state index in [4.69, 9.17) is 4.42 Å². The Bertz CT molecular complexity index is 281. The zero-order valence-corrected chi connectivity index (χ0v) is 9.32.